The second-order valence-corrected chi connectivity index (χ2v) is 16.5. The molecular formula is C58H42N8. The van der Waals surface area contributed by atoms with Gasteiger partial charge in [0.15, 0.2) is 34.9 Å². The van der Waals surface area contributed by atoms with E-state index in [2.05, 4.69) is 103 Å². The molecule has 3 heterocycles. The maximum atomic E-state index is 5.17. The van der Waals surface area contributed by atoms with Crippen LogP contribution in [0.3, 0.4) is 0 Å². The minimum atomic E-state index is 0.391. The van der Waals surface area contributed by atoms with Gasteiger partial charge in [-0.25, -0.2) is 34.9 Å². The van der Waals surface area contributed by atoms with Crippen molar-refractivity contribution in [2.24, 2.45) is 0 Å². The van der Waals surface area contributed by atoms with Crippen LogP contribution in [-0.4, -0.2) is 39.5 Å². The maximum absolute atomic E-state index is 5.17. The fourth-order valence-corrected chi connectivity index (χ4v) is 8.25. The number of nitrogens with zero attached hydrogens (tertiary/aromatic N) is 8. The molecule has 0 fully saturated rings. The Morgan fingerprint density at radius 1 is 0.303 bits per heavy atom. The number of aromatic nitrogens is 8. The summed E-state index contributed by atoms with van der Waals surface area (Å²) in [6.07, 6.45) is 0. The highest BCUT2D eigenvalue weighted by molar-refractivity contribution is 5.84. The van der Waals surface area contributed by atoms with E-state index in [9.17, 15) is 0 Å². The van der Waals surface area contributed by atoms with Gasteiger partial charge in [0.05, 0.1) is 11.0 Å². The molecule has 8 heteroatoms. The molecule has 0 unspecified atom stereocenters. The van der Waals surface area contributed by atoms with Crippen LogP contribution in [-0.2, 0) is 0 Å². The van der Waals surface area contributed by atoms with Crippen molar-refractivity contribution in [2.45, 2.75) is 19.8 Å². The van der Waals surface area contributed by atoms with Gasteiger partial charge in [0.25, 0.3) is 0 Å². The fraction of sp³-hybridized carbons (Fsp3) is 0.0517. The van der Waals surface area contributed by atoms with Crippen molar-refractivity contribution in [1.82, 2.24) is 39.5 Å². The van der Waals surface area contributed by atoms with Crippen molar-refractivity contribution in [3.63, 3.8) is 0 Å². The van der Waals surface area contributed by atoms with Gasteiger partial charge in [-0.05, 0) is 71.1 Å². The molecule has 0 atom stereocenters. The van der Waals surface area contributed by atoms with E-state index in [1.165, 1.54) is 5.56 Å². The quantitative estimate of drug-likeness (QED) is 0.135. The van der Waals surface area contributed by atoms with Crippen molar-refractivity contribution < 1.29 is 0 Å². The van der Waals surface area contributed by atoms with Crippen LogP contribution in [0.25, 0.3) is 108 Å². The second kappa shape index (κ2) is 17.4. The van der Waals surface area contributed by atoms with Crippen molar-refractivity contribution in [3.8, 4) is 96.5 Å². The number of fused-ring (bicyclic) bond motifs is 1. The molecule has 3 aromatic heterocycles. The molecule has 8 aromatic carbocycles. The summed E-state index contributed by atoms with van der Waals surface area (Å²) < 4.78 is 2.25. The first-order valence-electron chi connectivity index (χ1n) is 22.1. The second-order valence-electron chi connectivity index (χ2n) is 16.5. The van der Waals surface area contributed by atoms with Gasteiger partial charge < -0.3 is 0 Å². The lowest BCUT2D eigenvalue weighted by atomic mass is 9.98. The molecule has 0 aliphatic carbocycles. The van der Waals surface area contributed by atoms with E-state index < -0.39 is 0 Å². The monoisotopic (exact) mass is 850 g/mol. The molecule has 0 aliphatic rings. The van der Waals surface area contributed by atoms with Crippen LogP contribution in [0.4, 0.5) is 0 Å². The first-order valence-corrected chi connectivity index (χ1v) is 22.1. The number of rotatable bonds is 10. The Balaban J connectivity index is 1.10. The molecule has 314 valence electrons. The zero-order valence-corrected chi connectivity index (χ0v) is 36.4. The first-order chi connectivity index (χ1) is 32.5. The predicted molar refractivity (Wildman–Crippen MR) is 265 cm³/mol. The molecule has 0 bridgehead atoms. The first kappa shape index (κ1) is 40.1. The molecule has 0 radical (unpaired) electrons. The molecule has 8 nitrogen and oxygen atoms in total. The van der Waals surface area contributed by atoms with Gasteiger partial charge >= 0.3 is 0 Å². The third-order valence-electron chi connectivity index (χ3n) is 11.7. The van der Waals surface area contributed by atoms with Crippen molar-refractivity contribution in [1.29, 1.82) is 0 Å². The van der Waals surface area contributed by atoms with E-state index in [-0.39, 0.29) is 0 Å². The molecule has 0 saturated heterocycles. The molecule has 0 aliphatic heterocycles. The maximum Gasteiger partial charge on any atom is 0.164 e. The Kier molecular flexibility index (Phi) is 10.6. The van der Waals surface area contributed by atoms with Gasteiger partial charge in [-0.1, -0.05) is 178 Å². The van der Waals surface area contributed by atoms with E-state index in [1.54, 1.807) is 0 Å². The highest BCUT2D eigenvalue weighted by Crippen LogP contribution is 2.36. The lowest BCUT2D eigenvalue weighted by Gasteiger charge is -2.14. The van der Waals surface area contributed by atoms with Gasteiger partial charge in [0.1, 0.15) is 5.82 Å². The van der Waals surface area contributed by atoms with E-state index in [4.69, 9.17) is 34.9 Å². The third kappa shape index (κ3) is 8.04. The normalized spacial score (nSPS) is 11.3. The number of hydrogen-bond acceptors (Lipinski definition) is 7. The zero-order chi connectivity index (χ0) is 44.4. The van der Waals surface area contributed by atoms with E-state index in [0.717, 1.165) is 72.6 Å². The van der Waals surface area contributed by atoms with E-state index in [1.807, 2.05) is 127 Å². The standard InChI is InChI=1S/C58H42N8/c1-38(2)44-26-17-27-45(34-44)58-59-50-28-15-16-29-51(50)66(58)49-32-30-39(31-33-49)46-35-47(56-62-52(40-18-7-3-8-19-40)60-53(63-56)41-20-9-4-10-21-41)37-48(36-46)57-64-54(42-22-11-5-12-23-42)61-55(65-57)43-24-13-6-14-25-43/h3-38H,1-2H3. The van der Waals surface area contributed by atoms with Gasteiger partial charge in [0.2, 0.25) is 0 Å². The molecule has 0 amide bonds. The number of hydrogen-bond donors (Lipinski definition) is 0. The Morgan fingerprint density at radius 2 is 0.697 bits per heavy atom. The minimum Gasteiger partial charge on any atom is -0.292 e. The summed E-state index contributed by atoms with van der Waals surface area (Å²) in [5.41, 5.74) is 12.4. The highest BCUT2D eigenvalue weighted by atomic mass is 15.1. The predicted octanol–water partition coefficient (Wildman–Crippen LogP) is 13.9. The molecule has 66 heavy (non-hydrogen) atoms. The Morgan fingerprint density at radius 3 is 1.15 bits per heavy atom. The Hall–Kier alpha value is -8.75. The zero-order valence-electron chi connectivity index (χ0n) is 36.4. The van der Waals surface area contributed by atoms with Gasteiger partial charge in [-0.15, -0.1) is 0 Å². The number of imidazole rings is 1. The number of para-hydroxylation sites is 2. The Bertz CT molecular complexity index is 3220. The molecule has 0 saturated carbocycles. The number of benzene rings is 8. The van der Waals surface area contributed by atoms with Crippen LogP contribution in [0.5, 0.6) is 0 Å². The van der Waals surface area contributed by atoms with Crippen LogP contribution in [0.1, 0.15) is 25.3 Å². The summed E-state index contributed by atoms with van der Waals surface area (Å²) in [5, 5.41) is 0. The lowest BCUT2D eigenvalue weighted by Crippen LogP contribution is -2.02. The third-order valence-corrected chi connectivity index (χ3v) is 11.7. The summed E-state index contributed by atoms with van der Waals surface area (Å²) in [4.78, 5) is 35.7. The largest absolute Gasteiger partial charge is 0.292 e. The summed E-state index contributed by atoms with van der Waals surface area (Å²) in [7, 11) is 0. The molecule has 11 rings (SSSR count). The molecule has 11 aromatic rings. The molecular weight excluding hydrogens is 809 g/mol. The van der Waals surface area contributed by atoms with Gasteiger partial charge in [0, 0.05) is 44.6 Å². The highest BCUT2D eigenvalue weighted by Gasteiger charge is 2.19. The van der Waals surface area contributed by atoms with Crippen LogP contribution in [0.2, 0.25) is 0 Å². The minimum absolute atomic E-state index is 0.391. The fourth-order valence-electron chi connectivity index (χ4n) is 8.25. The van der Waals surface area contributed by atoms with Crippen LogP contribution < -0.4 is 0 Å². The van der Waals surface area contributed by atoms with Crippen molar-refractivity contribution >= 4 is 11.0 Å². The van der Waals surface area contributed by atoms with Gasteiger partial charge in [-0.3, -0.25) is 4.57 Å². The summed E-state index contributed by atoms with van der Waals surface area (Å²) >= 11 is 0. The van der Waals surface area contributed by atoms with Gasteiger partial charge in [-0.2, -0.15) is 0 Å². The topological polar surface area (TPSA) is 95.2 Å². The summed E-state index contributed by atoms with van der Waals surface area (Å²) in [5.74, 6) is 4.66. The summed E-state index contributed by atoms with van der Waals surface area (Å²) in [6, 6.07) is 72.2. The SMILES string of the molecule is CC(C)c1cccc(-c2nc3ccccc3n2-c2ccc(-c3cc(-c4nc(-c5ccccc5)nc(-c5ccccc5)n4)cc(-c4nc(-c5ccccc5)nc(-c5ccccc5)n4)c3)cc2)c1. The van der Waals surface area contributed by atoms with Crippen molar-refractivity contribution in [2.75, 3.05) is 0 Å². The lowest BCUT2D eigenvalue weighted by molar-refractivity contribution is 0.866. The van der Waals surface area contributed by atoms with Crippen LogP contribution in [0, 0.1) is 0 Å². The van der Waals surface area contributed by atoms with E-state index >= 15 is 0 Å². The average Bonchev–Trinajstić information content (AvgIpc) is 3.79. The summed E-state index contributed by atoms with van der Waals surface area (Å²) in [6.45, 7) is 4.44. The molecule has 0 N–H and O–H groups in total. The van der Waals surface area contributed by atoms with Crippen molar-refractivity contribution in [3.05, 3.63) is 218 Å². The van der Waals surface area contributed by atoms with Crippen LogP contribution in [0.15, 0.2) is 212 Å². The average molecular weight is 851 g/mol. The van der Waals surface area contributed by atoms with Crippen LogP contribution >= 0.6 is 0 Å². The smallest absolute Gasteiger partial charge is 0.164 e. The Labute approximate surface area is 383 Å². The van der Waals surface area contributed by atoms with E-state index in [0.29, 0.717) is 40.9 Å². The molecule has 0 spiro atoms.